The minimum atomic E-state index is -0.343. The zero-order chi connectivity index (χ0) is 12.8. The molecule has 0 fully saturated rings. The Morgan fingerprint density at radius 1 is 1.35 bits per heavy atom. The first kappa shape index (κ1) is 14.2. The van der Waals surface area contributed by atoms with Crippen LogP contribution >= 0.6 is 11.8 Å². The van der Waals surface area contributed by atoms with E-state index in [1.54, 1.807) is 18.7 Å². The van der Waals surface area contributed by atoms with E-state index >= 15 is 0 Å². The lowest BCUT2D eigenvalue weighted by molar-refractivity contribution is 0.602. The van der Waals surface area contributed by atoms with Crippen LogP contribution in [-0.4, -0.2) is 22.3 Å². The Morgan fingerprint density at radius 3 is 2.65 bits per heavy atom. The molecule has 1 aromatic rings. The highest BCUT2D eigenvalue weighted by molar-refractivity contribution is 7.98. The Bertz CT molecular complexity index is 369. The van der Waals surface area contributed by atoms with Gasteiger partial charge in [0.2, 0.25) is 0 Å². The second kappa shape index (κ2) is 6.79. The van der Waals surface area contributed by atoms with Crippen molar-refractivity contribution in [2.75, 3.05) is 17.6 Å². The molecule has 0 atom stereocenters. The molecular formula is C12H20FN3S. The molecule has 17 heavy (non-hydrogen) atoms. The van der Waals surface area contributed by atoms with Crippen molar-refractivity contribution < 1.29 is 4.39 Å². The van der Waals surface area contributed by atoms with Crippen molar-refractivity contribution >= 4 is 17.6 Å². The van der Waals surface area contributed by atoms with Gasteiger partial charge in [-0.25, -0.2) is 14.4 Å². The molecule has 0 spiro atoms. The van der Waals surface area contributed by atoms with Crippen LogP contribution in [0.3, 0.4) is 0 Å². The van der Waals surface area contributed by atoms with E-state index in [2.05, 4.69) is 29.1 Å². The number of rotatable bonds is 6. The number of halogens is 1. The third-order valence-corrected chi connectivity index (χ3v) is 3.45. The van der Waals surface area contributed by atoms with Gasteiger partial charge in [0.15, 0.2) is 11.6 Å². The molecule has 1 heterocycles. The largest absolute Gasteiger partial charge is 0.368 e. The molecule has 96 valence electrons. The van der Waals surface area contributed by atoms with Crippen LogP contribution in [0, 0.1) is 18.7 Å². The van der Waals surface area contributed by atoms with Crippen molar-refractivity contribution in [2.45, 2.75) is 33.4 Å². The van der Waals surface area contributed by atoms with E-state index in [0.29, 0.717) is 29.8 Å². The molecule has 0 unspecified atom stereocenters. The number of thioether (sulfide) groups is 1. The van der Waals surface area contributed by atoms with Gasteiger partial charge in [0.05, 0.1) is 11.4 Å². The molecule has 1 N–H and O–H groups in total. The monoisotopic (exact) mass is 257 g/mol. The molecule has 3 nitrogen and oxygen atoms in total. The van der Waals surface area contributed by atoms with E-state index in [9.17, 15) is 4.39 Å². The van der Waals surface area contributed by atoms with Gasteiger partial charge in [-0.05, 0) is 25.5 Å². The summed E-state index contributed by atoms with van der Waals surface area (Å²) in [6, 6.07) is 0. The van der Waals surface area contributed by atoms with Crippen LogP contribution in [0.15, 0.2) is 0 Å². The SMILES string of the molecule is CCNc1nc(CSCC(C)C)nc(C)c1F. The lowest BCUT2D eigenvalue weighted by atomic mass is 10.3. The molecule has 0 aliphatic rings. The van der Waals surface area contributed by atoms with Crippen LogP contribution in [0.5, 0.6) is 0 Å². The van der Waals surface area contributed by atoms with Gasteiger partial charge >= 0.3 is 0 Å². The van der Waals surface area contributed by atoms with Gasteiger partial charge < -0.3 is 5.32 Å². The minimum absolute atomic E-state index is 0.320. The number of nitrogens with zero attached hydrogens (tertiary/aromatic N) is 2. The number of aryl methyl sites for hydroxylation is 1. The van der Waals surface area contributed by atoms with Crippen molar-refractivity contribution in [3.8, 4) is 0 Å². The topological polar surface area (TPSA) is 37.8 Å². The van der Waals surface area contributed by atoms with Crippen LogP contribution < -0.4 is 5.32 Å². The molecule has 5 heteroatoms. The van der Waals surface area contributed by atoms with E-state index in [1.807, 2.05) is 6.92 Å². The Morgan fingerprint density at radius 2 is 2.06 bits per heavy atom. The maximum atomic E-state index is 13.6. The molecule has 0 saturated heterocycles. The highest BCUT2D eigenvalue weighted by Crippen LogP contribution is 2.18. The summed E-state index contributed by atoms with van der Waals surface area (Å²) in [6.45, 7) is 8.60. The maximum Gasteiger partial charge on any atom is 0.186 e. The third-order valence-electron chi connectivity index (χ3n) is 2.09. The van der Waals surface area contributed by atoms with Gasteiger partial charge in [-0.1, -0.05) is 13.8 Å². The lowest BCUT2D eigenvalue weighted by Gasteiger charge is -2.09. The van der Waals surface area contributed by atoms with Gasteiger partial charge in [0.1, 0.15) is 5.82 Å². The molecule has 0 aliphatic carbocycles. The second-order valence-electron chi connectivity index (χ2n) is 4.33. The summed E-state index contributed by atoms with van der Waals surface area (Å²) < 4.78 is 13.6. The van der Waals surface area contributed by atoms with Gasteiger partial charge in [0, 0.05) is 6.54 Å². The fraction of sp³-hybridized carbons (Fsp3) is 0.667. The Kier molecular flexibility index (Phi) is 5.68. The zero-order valence-corrected chi connectivity index (χ0v) is 11.7. The van der Waals surface area contributed by atoms with Crippen LogP contribution in [0.25, 0.3) is 0 Å². The van der Waals surface area contributed by atoms with Crippen molar-refractivity contribution in [3.05, 3.63) is 17.3 Å². The molecule has 0 aromatic carbocycles. The summed E-state index contributed by atoms with van der Waals surface area (Å²) >= 11 is 1.78. The highest BCUT2D eigenvalue weighted by Gasteiger charge is 2.10. The molecule has 0 amide bonds. The van der Waals surface area contributed by atoms with Crippen LogP contribution in [0.4, 0.5) is 10.2 Å². The van der Waals surface area contributed by atoms with Gasteiger partial charge in [-0.15, -0.1) is 0 Å². The van der Waals surface area contributed by atoms with E-state index in [4.69, 9.17) is 0 Å². The first-order chi connectivity index (χ1) is 8.04. The summed E-state index contributed by atoms with van der Waals surface area (Å²) in [7, 11) is 0. The Hall–Kier alpha value is -0.840. The molecule has 0 radical (unpaired) electrons. The Balaban J connectivity index is 2.72. The predicted molar refractivity (Wildman–Crippen MR) is 71.9 cm³/mol. The summed E-state index contributed by atoms with van der Waals surface area (Å²) in [5.74, 6) is 3.12. The van der Waals surface area contributed by atoms with Crippen LogP contribution in [-0.2, 0) is 5.75 Å². The molecule has 0 bridgehead atoms. The zero-order valence-electron chi connectivity index (χ0n) is 10.9. The minimum Gasteiger partial charge on any atom is -0.368 e. The smallest absolute Gasteiger partial charge is 0.186 e. The average molecular weight is 257 g/mol. The molecule has 0 saturated carbocycles. The van der Waals surface area contributed by atoms with Gasteiger partial charge in [0.25, 0.3) is 0 Å². The number of hydrogen-bond donors (Lipinski definition) is 1. The normalized spacial score (nSPS) is 10.9. The molecular weight excluding hydrogens is 237 g/mol. The average Bonchev–Trinajstić information content (AvgIpc) is 2.25. The quantitative estimate of drug-likeness (QED) is 0.849. The first-order valence-corrected chi connectivity index (χ1v) is 7.04. The summed E-state index contributed by atoms with van der Waals surface area (Å²) in [5.41, 5.74) is 0.413. The summed E-state index contributed by atoms with van der Waals surface area (Å²) in [5, 5.41) is 2.92. The standard InChI is InChI=1S/C12H20FN3S/c1-5-14-12-11(13)9(4)15-10(16-12)7-17-6-8(2)3/h8H,5-7H2,1-4H3,(H,14,15,16). The van der Waals surface area contributed by atoms with Crippen molar-refractivity contribution in [1.29, 1.82) is 0 Å². The fourth-order valence-corrected chi connectivity index (χ4v) is 2.25. The third kappa shape index (κ3) is 4.50. The molecule has 1 aromatic heterocycles. The number of aromatic nitrogens is 2. The number of nitrogens with one attached hydrogen (secondary N) is 1. The second-order valence-corrected chi connectivity index (χ2v) is 5.36. The van der Waals surface area contributed by atoms with E-state index in [0.717, 1.165) is 11.5 Å². The van der Waals surface area contributed by atoms with E-state index in [-0.39, 0.29) is 5.82 Å². The Labute approximate surface area is 107 Å². The van der Waals surface area contributed by atoms with Crippen LogP contribution in [0.2, 0.25) is 0 Å². The number of anilines is 1. The van der Waals surface area contributed by atoms with E-state index < -0.39 is 0 Å². The van der Waals surface area contributed by atoms with Gasteiger partial charge in [-0.3, -0.25) is 0 Å². The van der Waals surface area contributed by atoms with E-state index in [1.165, 1.54) is 0 Å². The first-order valence-electron chi connectivity index (χ1n) is 5.89. The van der Waals surface area contributed by atoms with Crippen molar-refractivity contribution in [2.24, 2.45) is 5.92 Å². The lowest BCUT2D eigenvalue weighted by Crippen LogP contribution is -2.08. The highest BCUT2D eigenvalue weighted by atomic mass is 32.2. The van der Waals surface area contributed by atoms with Crippen molar-refractivity contribution in [1.82, 2.24) is 9.97 Å². The number of hydrogen-bond acceptors (Lipinski definition) is 4. The molecule has 0 aliphatic heterocycles. The van der Waals surface area contributed by atoms with Crippen molar-refractivity contribution in [3.63, 3.8) is 0 Å². The van der Waals surface area contributed by atoms with Crippen LogP contribution in [0.1, 0.15) is 32.3 Å². The maximum absolute atomic E-state index is 13.6. The van der Waals surface area contributed by atoms with Gasteiger partial charge in [-0.2, -0.15) is 11.8 Å². The predicted octanol–water partition coefficient (Wildman–Crippen LogP) is 3.25. The molecule has 1 rings (SSSR count). The summed E-state index contributed by atoms with van der Waals surface area (Å²) in [4.78, 5) is 8.37. The summed E-state index contributed by atoms with van der Waals surface area (Å²) in [6.07, 6.45) is 0. The fourth-order valence-electron chi connectivity index (χ4n) is 1.35.